The van der Waals surface area contributed by atoms with Crippen LogP contribution >= 0.6 is 0 Å². The summed E-state index contributed by atoms with van der Waals surface area (Å²) in [5.41, 5.74) is 0.865. The highest BCUT2D eigenvalue weighted by molar-refractivity contribution is 5.31. The van der Waals surface area contributed by atoms with Crippen LogP contribution in [0.2, 0.25) is 0 Å². The first kappa shape index (κ1) is 14.5. The van der Waals surface area contributed by atoms with E-state index in [4.69, 9.17) is 4.74 Å². The molecule has 0 bridgehead atoms. The molecule has 1 saturated carbocycles. The van der Waals surface area contributed by atoms with Crippen LogP contribution < -0.4 is 5.32 Å². The molecule has 3 heteroatoms. The Morgan fingerprint density at radius 1 is 1.37 bits per heavy atom. The summed E-state index contributed by atoms with van der Waals surface area (Å²) in [4.78, 5) is 0. The van der Waals surface area contributed by atoms with Crippen molar-refractivity contribution in [2.45, 2.75) is 31.6 Å². The van der Waals surface area contributed by atoms with Gasteiger partial charge in [-0.05, 0) is 30.4 Å². The van der Waals surface area contributed by atoms with Gasteiger partial charge in [0.2, 0.25) is 0 Å². The van der Waals surface area contributed by atoms with Crippen LogP contribution in [0.4, 0.5) is 4.39 Å². The SMILES string of the molecule is CCC1CC(CNCCOC)(c2ccccc2F)C1. The molecule has 0 amide bonds. The lowest BCUT2D eigenvalue weighted by Gasteiger charge is -2.48. The van der Waals surface area contributed by atoms with Crippen LogP contribution in [0.5, 0.6) is 0 Å². The highest BCUT2D eigenvalue weighted by Gasteiger charge is 2.45. The predicted octanol–water partition coefficient (Wildman–Crippen LogP) is 3.12. The average molecular weight is 265 g/mol. The van der Waals surface area contributed by atoms with E-state index >= 15 is 0 Å². The van der Waals surface area contributed by atoms with Crippen molar-refractivity contribution in [3.8, 4) is 0 Å². The van der Waals surface area contributed by atoms with E-state index in [1.54, 1.807) is 19.2 Å². The Balaban J connectivity index is 2.06. The van der Waals surface area contributed by atoms with Crippen molar-refractivity contribution in [3.63, 3.8) is 0 Å². The molecule has 0 aromatic heterocycles. The quantitative estimate of drug-likeness (QED) is 0.765. The largest absolute Gasteiger partial charge is 0.383 e. The Bertz CT molecular complexity index is 401. The molecule has 0 aliphatic heterocycles. The monoisotopic (exact) mass is 265 g/mol. The molecule has 2 rings (SSSR count). The second-order valence-electron chi connectivity index (χ2n) is 5.61. The zero-order valence-electron chi connectivity index (χ0n) is 11.9. The summed E-state index contributed by atoms with van der Waals surface area (Å²) in [7, 11) is 1.70. The van der Waals surface area contributed by atoms with Crippen molar-refractivity contribution in [1.29, 1.82) is 0 Å². The van der Waals surface area contributed by atoms with Crippen LogP contribution in [0.15, 0.2) is 24.3 Å². The lowest BCUT2D eigenvalue weighted by molar-refractivity contribution is 0.124. The van der Waals surface area contributed by atoms with Gasteiger partial charge in [-0.15, -0.1) is 0 Å². The zero-order chi connectivity index (χ0) is 13.7. The van der Waals surface area contributed by atoms with Gasteiger partial charge >= 0.3 is 0 Å². The molecule has 0 unspecified atom stereocenters. The van der Waals surface area contributed by atoms with Crippen molar-refractivity contribution in [1.82, 2.24) is 5.32 Å². The predicted molar refractivity (Wildman–Crippen MR) is 75.8 cm³/mol. The van der Waals surface area contributed by atoms with Gasteiger partial charge in [0, 0.05) is 25.6 Å². The number of nitrogens with one attached hydrogen (secondary N) is 1. The number of halogens is 1. The topological polar surface area (TPSA) is 21.3 Å². The highest BCUT2D eigenvalue weighted by atomic mass is 19.1. The maximum Gasteiger partial charge on any atom is 0.127 e. The van der Waals surface area contributed by atoms with Crippen LogP contribution in [-0.2, 0) is 10.2 Å². The molecular weight excluding hydrogens is 241 g/mol. The summed E-state index contributed by atoms with van der Waals surface area (Å²) in [6, 6.07) is 7.22. The second kappa shape index (κ2) is 6.49. The van der Waals surface area contributed by atoms with Gasteiger partial charge in [-0.3, -0.25) is 0 Å². The van der Waals surface area contributed by atoms with Gasteiger partial charge in [0.15, 0.2) is 0 Å². The van der Waals surface area contributed by atoms with Gasteiger partial charge in [0.25, 0.3) is 0 Å². The Labute approximate surface area is 115 Å². The van der Waals surface area contributed by atoms with Crippen molar-refractivity contribution in [2.24, 2.45) is 5.92 Å². The summed E-state index contributed by atoms with van der Waals surface area (Å²) < 4.78 is 19.1. The maximum absolute atomic E-state index is 14.1. The number of rotatable bonds is 7. The smallest absolute Gasteiger partial charge is 0.127 e. The summed E-state index contributed by atoms with van der Waals surface area (Å²) in [5.74, 6) is 0.675. The fraction of sp³-hybridized carbons (Fsp3) is 0.625. The normalized spacial score (nSPS) is 26.2. The third kappa shape index (κ3) is 3.15. The molecule has 1 N–H and O–H groups in total. The Morgan fingerprint density at radius 3 is 2.74 bits per heavy atom. The summed E-state index contributed by atoms with van der Waals surface area (Å²) in [6.45, 7) is 4.58. The van der Waals surface area contributed by atoms with E-state index in [1.165, 1.54) is 6.42 Å². The highest BCUT2D eigenvalue weighted by Crippen LogP contribution is 2.49. The van der Waals surface area contributed by atoms with Gasteiger partial charge in [0.1, 0.15) is 5.82 Å². The van der Waals surface area contributed by atoms with Crippen molar-refractivity contribution >= 4 is 0 Å². The number of hydrogen-bond donors (Lipinski definition) is 1. The van der Waals surface area contributed by atoms with E-state index in [0.29, 0.717) is 6.61 Å². The van der Waals surface area contributed by atoms with Gasteiger partial charge < -0.3 is 10.1 Å². The first-order valence-corrected chi connectivity index (χ1v) is 7.16. The number of ether oxygens (including phenoxy) is 1. The van der Waals surface area contributed by atoms with E-state index in [-0.39, 0.29) is 11.2 Å². The van der Waals surface area contributed by atoms with Gasteiger partial charge in [0.05, 0.1) is 6.61 Å². The van der Waals surface area contributed by atoms with Crippen molar-refractivity contribution in [2.75, 3.05) is 26.8 Å². The van der Waals surface area contributed by atoms with E-state index in [9.17, 15) is 4.39 Å². The lowest BCUT2D eigenvalue weighted by atomic mass is 9.57. The molecule has 2 nitrogen and oxygen atoms in total. The van der Waals surface area contributed by atoms with Gasteiger partial charge in [-0.1, -0.05) is 31.5 Å². The molecule has 1 fully saturated rings. The maximum atomic E-state index is 14.1. The minimum absolute atomic E-state index is 0.0141. The average Bonchev–Trinajstić information content (AvgIpc) is 2.38. The minimum atomic E-state index is -0.0643. The van der Waals surface area contributed by atoms with Crippen LogP contribution in [0.25, 0.3) is 0 Å². The number of hydrogen-bond acceptors (Lipinski definition) is 2. The number of methoxy groups -OCH3 is 1. The van der Waals surface area contributed by atoms with Crippen molar-refractivity contribution < 1.29 is 9.13 Å². The van der Waals surface area contributed by atoms with Crippen molar-refractivity contribution in [3.05, 3.63) is 35.6 Å². The van der Waals surface area contributed by atoms with E-state index in [1.807, 2.05) is 12.1 Å². The summed E-state index contributed by atoms with van der Waals surface area (Å²) in [5, 5.41) is 3.41. The van der Waals surface area contributed by atoms with E-state index in [0.717, 1.165) is 37.4 Å². The van der Waals surface area contributed by atoms with Crippen LogP contribution in [0.1, 0.15) is 31.7 Å². The van der Waals surface area contributed by atoms with Crippen LogP contribution in [0, 0.1) is 11.7 Å². The standard InChI is InChI=1S/C16H24FNO/c1-3-13-10-16(11-13,12-18-8-9-19-2)14-6-4-5-7-15(14)17/h4-7,13,18H,3,8-12H2,1-2H3. The van der Waals surface area contributed by atoms with Crippen LogP contribution in [-0.4, -0.2) is 26.8 Å². The molecule has 1 aliphatic carbocycles. The number of benzene rings is 1. The second-order valence-corrected chi connectivity index (χ2v) is 5.61. The molecule has 0 radical (unpaired) electrons. The Morgan fingerprint density at radius 2 is 2.11 bits per heavy atom. The molecule has 0 heterocycles. The zero-order valence-corrected chi connectivity index (χ0v) is 11.9. The Kier molecular flexibility index (Phi) is 4.94. The van der Waals surface area contributed by atoms with E-state index < -0.39 is 0 Å². The van der Waals surface area contributed by atoms with Crippen LogP contribution in [0.3, 0.4) is 0 Å². The molecule has 0 spiro atoms. The van der Waals surface area contributed by atoms with E-state index in [2.05, 4.69) is 12.2 Å². The molecule has 0 atom stereocenters. The minimum Gasteiger partial charge on any atom is -0.383 e. The fourth-order valence-corrected chi connectivity index (χ4v) is 3.19. The fourth-order valence-electron chi connectivity index (χ4n) is 3.19. The van der Waals surface area contributed by atoms with Gasteiger partial charge in [-0.2, -0.15) is 0 Å². The third-order valence-electron chi connectivity index (χ3n) is 4.33. The molecule has 1 aromatic carbocycles. The Hall–Kier alpha value is -0.930. The molecule has 19 heavy (non-hydrogen) atoms. The summed E-state index contributed by atoms with van der Waals surface area (Å²) in [6.07, 6.45) is 3.36. The first-order chi connectivity index (χ1) is 9.22. The molecule has 106 valence electrons. The molecule has 1 aliphatic rings. The first-order valence-electron chi connectivity index (χ1n) is 7.16. The third-order valence-corrected chi connectivity index (χ3v) is 4.33. The molecule has 0 saturated heterocycles. The lowest BCUT2D eigenvalue weighted by Crippen LogP contribution is -2.49. The van der Waals surface area contributed by atoms with Gasteiger partial charge in [-0.25, -0.2) is 4.39 Å². The molecule has 1 aromatic rings. The summed E-state index contributed by atoms with van der Waals surface area (Å²) >= 11 is 0. The molecular formula is C16H24FNO.